The third-order valence-electron chi connectivity index (χ3n) is 4.03. The maximum Gasteiger partial charge on any atom is 0.342 e. The number of benzene rings is 2. The lowest BCUT2D eigenvalue weighted by Gasteiger charge is -2.07. The monoisotopic (exact) mass is 330 g/mol. The molecule has 6 heteroatoms. The summed E-state index contributed by atoms with van der Waals surface area (Å²) >= 11 is 0. The highest BCUT2D eigenvalue weighted by molar-refractivity contribution is 6.11. The number of aromatic carboxylic acids is 1. The predicted molar refractivity (Wildman–Crippen MR) is 91.5 cm³/mol. The maximum atomic E-state index is 12.4. The summed E-state index contributed by atoms with van der Waals surface area (Å²) in [6, 6.07) is 15.5. The van der Waals surface area contributed by atoms with E-state index in [1.54, 1.807) is 42.5 Å². The lowest BCUT2D eigenvalue weighted by Crippen LogP contribution is -2.19. The molecule has 120 valence electrons. The van der Waals surface area contributed by atoms with E-state index in [0.29, 0.717) is 27.6 Å². The summed E-state index contributed by atoms with van der Waals surface area (Å²) in [5, 5.41) is 19.3. The van der Waals surface area contributed by atoms with E-state index < -0.39 is 17.1 Å². The molecule has 0 amide bonds. The van der Waals surface area contributed by atoms with Crippen LogP contribution in [-0.4, -0.2) is 16.1 Å². The minimum atomic E-state index is -1.36. The van der Waals surface area contributed by atoms with Crippen molar-refractivity contribution in [2.24, 2.45) is 0 Å². The number of para-hydroxylation sites is 1. The summed E-state index contributed by atoms with van der Waals surface area (Å²) in [6.07, 6.45) is 0. The summed E-state index contributed by atoms with van der Waals surface area (Å²) in [7, 11) is 0. The van der Waals surface area contributed by atoms with E-state index in [1.807, 2.05) is 6.07 Å². The van der Waals surface area contributed by atoms with Crippen LogP contribution in [0.2, 0.25) is 0 Å². The van der Waals surface area contributed by atoms with Crippen molar-refractivity contribution in [3.05, 3.63) is 70.0 Å². The lowest BCUT2D eigenvalue weighted by atomic mass is 9.98. The molecule has 0 fully saturated rings. The van der Waals surface area contributed by atoms with Gasteiger partial charge in [0.15, 0.2) is 5.58 Å². The Labute approximate surface area is 140 Å². The van der Waals surface area contributed by atoms with Gasteiger partial charge in [-0.25, -0.2) is 4.79 Å². The minimum absolute atomic E-state index is 0.166. The van der Waals surface area contributed by atoms with Gasteiger partial charge in [-0.3, -0.25) is 4.79 Å². The molecule has 0 bridgehead atoms. The topological polar surface area (TPSA) is 107 Å². The predicted octanol–water partition coefficient (Wildman–Crippen LogP) is 3.51. The number of nitriles is 1. The number of nitrogens with one attached hydrogen (secondary N) is 1. The number of hydrogen-bond acceptors (Lipinski definition) is 4. The van der Waals surface area contributed by atoms with Crippen LogP contribution in [0.1, 0.15) is 15.9 Å². The van der Waals surface area contributed by atoms with E-state index in [0.717, 1.165) is 0 Å². The zero-order valence-electron chi connectivity index (χ0n) is 12.7. The smallest absolute Gasteiger partial charge is 0.342 e. The van der Waals surface area contributed by atoms with E-state index >= 15 is 0 Å². The molecule has 0 saturated carbocycles. The molecular formula is C19H10N2O4. The number of nitrogens with zero attached hydrogens (tertiary/aromatic N) is 1. The Balaban J connectivity index is 2.23. The van der Waals surface area contributed by atoms with Gasteiger partial charge in [-0.15, -0.1) is 0 Å². The average Bonchev–Trinajstić information content (AvgIpc) is 2.98. The first kappa shape index (κ1) is 14.7. The number of furan rings is 1. The molecule has 0 aliphatic heterocycles. The van der Waals surface area contributed by atoms with Gasteiger partial charge in [0, 0.05) is 10.9 Å². The Kier molecular flexibility index (Phi) is 3.15. The molecule has 2 heterocycles. The normalized spacial score (nSPS) is 10.8. The van der Waals surface area contributed by atoms with Crippen LogP contribution in [0.5, 0.6) is 0 Å². The summed E-state index contributed by atoms with van der Waals surface area (Å²) in [4.78, 5) is 26.7. The molecule has 2 aromatic carbocycles. The van der Waals surface area contributed by atoms with Crippen LogP contribution in [0.25, 0.3) is 33.2 Å². The Morgan fingerprint density at radius 1 is 1.16 bits per heavy atom. The van der Waals surface area contributed by atoms with Gasteiger partial charge in [0.1, 0.15) is 11.1 Å². The van der Waals surface area contributed by atoms with Crippen LogP contribution in [0.15, 0.2) is 57.7 Å². The highest BCUT2D eigenvalue weighted by Gasteiger charge is 2.24. The number of pyridine rings is 1. The average molecular weight is 330 g/mol. The fourth-order valence-electron chi connectivity index (χ4n) is 2.97. The molecule has 4 rings (SSSR count). The van der Waals surface area contributed by atoms with Gasteiger partial charge in [-0.05, 0) is 29.8 Å². The third-order valence-corrected chi connectivity index (χ3v) is 4.03. The molecule has 0 saturated heterocycles. The van der Waals surface area contributed by atoms with E-state index in [-0.39, 0.29) is 11.1 Å². The number of carboxylic acids is 1. The van der Waals surface area contributed by atoms with E-state index in [1.165, 1.54) is 6.07 Å². The number of fused-ring (bicyclic) bond motifs is 3. The van der Waals surface area contributed by atoms with E-state index in [2.05, 4.69) is 4.98 Å². The Morgan fingerprint density at radius 3 is 2.72 bits per heavy atom. The fraction of sp³-hybridized carbons (Fsp3) is 0. The Hall–Kier alpha value is -3.85. The van der Waals surface area contributed by atoms with E-state index in [4.69, 9.17) is 9.68 Å². The largest absolute Gasteiger partial charge is 0.477 e. The second kappa shape index (κ2) is 5.35. The molecule has 4 aromatic rings. The van der Waals surface area contributed by atoms with Crippen molar-refractivity contribution < 1.29 is 14.3 Å². The number of rotatable bonds is 2. The molecular weight excluding hydrogens is 320 g/mol. The van der Waals surface area contributed by atoms with Gasteiger partial charge in [0.25, 0.3) is 5.56 Å². The molecule has 0 radical (unpaired) electrons. The molecule has 0 aliphatic rings. The van der Waals surface area contributed by atoms with Gasteiger partial charge >= 0.3 is 5.97 Å². The highest BCUT2D eigenvalue weighted by Crippen LogP contribution is 2.35. The zero-order valence-corrected chi connectivity index (χ0v) is 12.7. The quantitative estimate of drug-likeness (QED) is 0.585. The number of carbonyl (C=O) groups is 1. The second-order valence-corrected chi connectivity index (χ2v) is 5.50. The Bertz CT molecular complexity index is 1260. The summed E-state index contributed by atoms with van der Waals surface area (Å²) < 4.78 is 5.84. The Morgan fingerprint density at radius 2 is 1.96 bits per heavy atom. The molecule has 2 N–H and O–H groups in total. The molecule has 0 aliphatic carbocycles. The highest BCUT2D eigenvalue weighted by atomic mass is 16.4. The molecule has 6 nitrogen and oxygen atoms in total. The van der Waals surface area contributed by atoms with Gasteiger partial charge < -0.3 is 14.5 Å². The SMILES string of the molecule is N#Cc1cccc(-c2c(C(=O)O)c(=O)[nH]c3c2oc2ccccc23)c1. The molecule has 2 aromatic heterocycles. The third kappa shape index (κ3) is 2.18. The van der Waals surface area contributed by atoms with Gasteiger partial charge in [0.2, 0.25) is 0 Å². The molecule has 0 spiro atoms. The van der Waals surface area contributed by atoms with Crippen LogP contribution < -0.4 is 5.56 Å². The van der Waals surface area contributed by atoms with E-state index in [9.17, 15) is 14.7 Å². The first-order valence-corrected chi connectivity index (χ1v) is 7.41. The molecule has 0 unspecified atom stereocenters. The van der Waals surface area contributed by atoms with Crippen LogP contribution >= 0.6 is 0 Å². The van der Waals surface area contributed by atoms with Crippen LogP contribution in [-0.2, 0) is 0 Å². The van der Waals surface area contributed by atoms with Crippen LogP contribution in [0.3, 0.4) is 0 Å². The fourth-order valence-corrected chi connectivity index (χ4v) is 2.97. The number of H-pyrrole nitrogens is 1. The number of aromatic nitrogens is 1. The van der Waals surface area contributed by atoms with Crippen molar-refractivity contribution in [3.63, 3.8) is 0 Å². The summed E-state index contributed by atoms with van der Waals surface area (Å²) in [6.45, 7) is 0. The van der Waals surface area contributed by atoms with Crippen molar-refractivity contribution in [3.8, 4) is 17.2 Å². The first-order chi connectivity index (χ1) is 12.1. The molecule has 25 heavy (non-hydrogen) atoms. The molecule has 0 atom stereocenters. The summed E-state index contributed by atoms with van der Waals surface area (Å²) in [5.74, 6) is -1.36. The van der Waals surface area contributed by atoms with Gasteiger partial charge in [0.05, 0.1) is 17.1 Å². The summed E-state index contributed by atoms with van der Waals surface area (Å²) in [5.41, 5.74) is 1.07. The zero-order chi connectivity index (χ0) is 17.6. The minimum Gasteiger partial charge on any atom is -0.477 e. The van der Waals surface area contributed by atoms with Crippen molar-refractivity contribution in [2.45, 2.75) is 0 Å². The van der Waals surface area contributed by atoms with Crippen molar-refractivity contribution in [1.29, 1.82) is 5.26 Å². The van der Waals surface area contributed by atoms with Crippen molar-refractivity contribution >= 4 is 28.0 Å². The second-order valence-electron chi connectivity index (χ2n) is 5.50. The number of carboxylic acid groups (broad SMARTS) is 1. The maximum absolute atomic E-state index is 12.4. The van der Waals surface area contributed by atoms with Crippen LogP contribution in [0, 0.1) is 11.3 Å². The van der Waals surface area contributed by atoms with Gasteiger partial charge in [-0.2, -0.15) is 5.26 Å². The number of hydrogen-bond donors (Lipinski definition) is 2. The first-order valence-electron chi connectivity index (χ1n) is 7.41. The number of aromatic amines is 1. The standard InChI is InChI=1S/C19H10N2O4/c20-9-10-4-3-5-11(8-10)14-15(19(23)24)18(22)21-16-12-6-1-2-7-13(12)25-17(14)16/h1-8H,(H,21,22)(H,23,24). The lowest BCUT2D eigenvalue weighted by molar-refractivity contribution is 0.0696. The van der Waals surface area contributed by atoms with Crippen molar-refractivity contribution in [1.82, 2.24) is 4.98 Å². The van der Waals surface area contributed by atoms with Crippen LogP contribution in [0.4, 0.5) is 0 Å². The van der Waals surface area contributed by atoms with Crippen molar-refractivity contribution in [2.75, 3.05) is 0 Å². The van der Waals surface area contributed by atoms with Gasteiger partial charge in [-0.1, -0.05) is 24.3 Å².